The summed E-state index contributed by atoms with van der Waals surface area (Å²) >= 11 is 0. The molecule has 2 saturated heterocycles. The standard InChI is InChI=1S/2C51H64N4O13/c2*1-24(2)23-54-16-18-55(19-17-54)32-21-33(57)39-35(22-32)67-48-40(52-39)36-37-44(60)30(8)47-38(36)49(62)51(10,68-47)65-20-15-34(64-11)27(5)46(66-31(9)56)29(7)43(59)28(6)42(58)25(3)13-12-14-26(4)50(63)53-41(48)45(37)61/h2*12-15,20-22,24-25,27-29,34,42-43,46,58-60,62H,16-19,23H2,1-11H3,(H,53,63)/b2*13-12+,20-15+,26-14-/t2*25-,27+,28+,29+,34-,42-,43+,46+,51-/m00/s1. The Morgan fingerprint density at radius 2 is 0.824 bits per heavy atom. The zero-order valence-electron chi connectivity index (χ0n) is 81.2. The Kier molecular flexibility index (Phi) is 30.4. The maximum Gasteiger partial charge on any atom is 0.307 e. The fraction of sp³-hybridized carbons (Fsp3) is 0.510. The van der Waals surface area contributed by atoms with Gasteiger partial charge < -0.3 is 108 Å². The van der Waals surface area contributed by atoms with E-state index >= 15 is 0 Å². The second-order valence-corrected chi connectivity index (χ2v) is 38.4. The highest BCUT2D eigenvalue weighted by molar-refractivity contribution is 6.19. The molecule has 8 bridgehead atoms. The molecule has 732 valence electrons. The molecule has 6 aliphatic rings. The molecule has 34 nitrogen and oxygen atoms in total. The van der Waals surface area contributed by atoms with Gasteiger partial charge in [0.1, 0.15) is 57.6 Å². The number of methoxy groups -OCH3 is 2. The predicted molar refractivity (Wildman–Crippen MR) is 517 cm³/mol. The van der Waals surface area contributed by atoms with Crippen LogP contribution in [0.15, 0.2) is 125 Å². The molecule has 0 radical (unpaired) electrons. The van der Waals surface area contributed by atoms with Crippen LogP contribution in [0.25, 0.3) is 77.5 Å². The number of fused-ring (bicyclic) bond motifs is 4. The van der Waals surface area contributed by atoms with Crippen molar-refractivity contribution in [1.29, 1.82) is 0 Å². The number of anilines is 4. The Morgan fingerprint density at radius 3 is 1.15 bits per heavy atom. The van der Waals surface area contributed by atoms with E-state index in [2.05, 4.69) is 57.9 Å². The lowest BCUT2D eigenvalue weighted by Crippen LogP contribution is -2.47. The number of allylic oxidation sites excluding steroid dienone is 4. The SMILES string of the molecule is CO[C@H]1/C=C/O[C@@]2(C)Oc3c(C)c(O)c4c(=O)c(c5oc6cc(N7CCN(CC(C)C)CC7)cc(=O)c6nc5c4c3=C2O)NC(=O)/C(C)=C\C=C\[C@H](C)[C@H](O)[C@@H](C)[C@@H](O)[C@@H](C)[C@H](OC(C)=O)[C@@H]1C.CO[C@H]1/C=C/O[C@@]2(C)Oc3c(C)c(O)c4c(=O)c(c5oc6cc(N7CCN(CC(C)C)CC7)cc(=O)c6nc5c4c3=C2O)NC(=O)/C(C)=C\C=C\[C@H](C)[C@H](O)[C@@H](C)[C@@H](O)[C@@H](C)[C@H](OC(C)=O)[C@@H]1C. The number of carbonyl (C=O) groups is 4. The van der Waals surface area contributed by atoms with Crippen LogP contribution in [0, 0.1) is 73.0 Å². The predicted octanol–water partition coefficient (Wildman–Crippen LogP) is 10.7. The molecular weight excluding hydrogens is 1750 g/mol. The molecule has 0 aliphatic carbocycles. The molecule has 0 unspecified atom stereocenters. The minimum absolute atomic E-state index is 0.0390. The summed E-state index contributed by atoms with van der Waals surface area (Å²) in [5.74, 6) is -12.9. The first-order valence-corrected chi connectivity index (χ1v) is 46.4. The third-order valence-electron chi connectivity index (χ3n) is 27.6. The number of piperazine rings is 2. The number of phenols is 2. The van der Waals surface area contributed by atoms with Crippen LogP contribution in [0.4, 0.5) is 22.7 Å². The van der Waals surface area contributed by atoms with E-state index in [1.807, 2.05) is 0 Å². The van der Waals surface area contributed by atoms with Gasteiger partial charge in [-0.05, 0) is 51.7 Å². The molecule has 136 heavy (non-hydrogen) atoms. The van der Waals surface area contributed by atoms with Gasteiger partial charge in [-0.1, -0.05) is 120 Å². The number of ether oxygens (including phenoxy) is 8. The lowest BCUT2D eigenvalue weighted by molar-refractivity contribution is -0.161. The van der Waals surface area contributed by atoms with Crippen LogP contribution in [0.1, 0.15) is 136 Å². The average molecular weight is 1880 g/mol. The number of benzene rings is 6. The third kappa shape index (κ3) is 19.8. The van der Waals surface area contributed by atoms with Crippen molar-refractivity contribution in [2.24, 2.45) is 59.2 Å². The van der Waals surface area contributed by atoms with E-state index in [4.69, 9.17) is 56.7 Å². The van der Waals surface area contributed by atoms with Crippen LogP contribution in [0.3, 0.4) is 0 Å². The van der Waals surface area contributed by atoms with Gasteiger partial charge in [0.05, 0.1) is 70.4 Å². The van der Waals surface area contributed by atoms with E-state index in [1.165, 1.54) is 119 Å². The second kappa shape index (κ2) is 40.7. The first kappa shape index (κ1) is 101. The van der Waals surface area contributed by atoms with Crippen LogP contribution in [-0.4, -0.2) is 224 Å². The number of hydrogen-bond acceptors (Lipinski definition) is 32. The summed E-state index contributed by atoms with van der Waals surface area (Å²) in [6, 6.07) is 6.31. The fourth-order valence-electron chi connectivity index (χ4n) is 19.5. The van der Waals surface area contributed by atoms with Crippen LogP contribution in [0.5, 0.6) is 23.0 Å². The van der Waals surface area contributed by atoms with Gasteiger partial charge in [-0.2, -0.15) is 0 Å². The van der Waals surface area contributed by atoms with E-state index in [0.717, 1.165) is 39.3 Å². The summed E-state index contributed by atoms with van der Waals surface area (Å²) < 4.78 is 61.1. The monoisotopic (exact) mass is 1880 g/mol. The average Bonchev–Trinajstić information content (AvgIpc) is 1.54. The normalized spacial score (nSPS) is 29.5. The summed E-state index contributed by atoms with van der Waals surface area (Å²) in [5.41, 5.74) is -2.70. The van der Waals surface area contributed by atoms with Gasteiger partial charge in [0, 0.05) is 223 Å². The molecule has 8 heterocycles. The Balaban J connectivity index is 0.000000230. The number of nitrogens with one attached hydrogen (secondary N) is 2. The Bertz CT molecular complexity index is 6190. The molecule has 0 spiro atoms. The number of phenolic OH excluding ortho intramolecular Hbond substituents is 2. The molecular formula is C102H128N8O26. The van der Waals surface area contributed by atoms with Crippen molar-refractivity contribution in [2.75, 3.05) is 100 Å². The summed E-state index contributed by atoms with van der Waals surface area (Å²) in [6.45, 7) is 41.6. The number of aromatic hydroxyl groups is 2. The zero-order chi connectivity index (χ0) is 99.4. The van der Waals surface area contributed by atoms with Gasteiger partial charge in [-0.15, -0.1) is 0 Å². The Labute approximate surface area is 786 Å². The highest BCUT2D eigenvalue weighted by atomic mass is 16.7. The van der Waals surface area contributed by atoms with Crippen molar-refractivity contribution in [3.8, 4) is 23.0 Å². The van der Waals surface area contributed by atoms with Crippen LogP contribution >= 0.6 is 0 Å². The van der Waals surface area contributed by atoms with Crippen molar-refractivity contribution in [3.05, 3.63) is 159 Å². The van der Waals surface area contributed by atoms with Crippen LogP contribution in [-0.2, 0) is 47.6 Å². The lowest BCUT2D eigenvalue weighted by Gasteiger charge is -2.38. The van der Waals surface area contributed by atoms with E-state index in [9.17, 15) is 79.2 Å². The maximum atomic E-state index is 14.9. The maximum absolute atomic E-state index is 14.9. The van der Waals surface area contributed by atoms with Gasteiger partial charge in [-0.25, -0.2) is 9.97 Å². The highest BCUT2D eigenvalue weighted by Crippen LogP contribution is 2.46. The molecule has 14 rings (SSSR count). The molecule has 2 aromatic heterocycles. The van der Waals surface area contributed by atoms with Crippen LogP contribution < -0.4 is 62.1 Å². The molecule has 0 saturated carbocycles. The van der Waals surface area contributed by atoms with Crippen LogP contribution in [0.2, 0.25) is 0 Å². The number of aromatic nitrogens is 2. The first-order valence-electron chi connectivity index (χ1n) is 46.4. The first-order chi connectivity index (χ1) is 64.1. The largest absolute Gasteiger partial charge is 0.507 e. The summed E-state index contributed by atoms with van der Waals surface area (Å²) in [4.78, 5) is 129. The van der Waals surface area contributed by atoms with E-state index in [1.54, 1.807) is 91.8 Å². The van der Waals surface area contributed by atoms with Crippen molar-refractivity contribution < 1.29 is 107 Å². The van der Waals surface area contributed by atoms with E-state index in [-0.39, 0.29) is 122 Å². The van der Waals surface area contributed by atoms with Crippen molar-refractivity contribution >= 4 is 124 Å². The Hall–Kier alpha value is -12.0. The number of rotatable bonds is 10. The quantitative estimate of drug-likeness (QED) is 0.0345. The van der Waals surface area contributed by atoms with E-state index < -0.39 is 176 Å². The van der Waals surface area contributed by atoms with Crippen molar-refractivity contribution in [2.45, 2.75) is 199 Å². The molecule has 8 aromatic rings. The third-order valence-corrected chi connectivity index (χ3v) is 27.6. The van der Waals surface area contributed by atoms with Gasteiger partial charge in [-0.3, -0.25) is 48.2 Å². The van der Waals surface area contributed by atoms with Crippen molar-refractivity contribution in [1.82, 2.24) is 19.8 Å². The molecule has 34 heteroatoms. The smallest absolute Gasteiger partial charge is 0.307 e. The topological polar surface area (TPSA) is 461 Å². The Morgan fingerprint density at radius 1 is 0.478 bits per heavy atom. The number of aliphatic hydroxyl groups is 6. The number of amides is 2. The molecule has 18 atom stereocenters. The number of aliphatic hydroxyl groups excluding tert-OH is 6. The second-order valence-electron chi connectivity index (χ2n) is 38.4. The van der Waals surface area contributed by atoms with E-state index in [0.29, 0.717) is 49.4 Å². The minimum atomic E-state index is -1.98. The summed E-state index contributed by atoms with van der Waals surface area (Å²) in [6.07, 6.45) is 7.14. The molecule has 10 N–H and O–H groups in total. The lowest BCUT2D eigenvalue weighted by atomic mass is 9.78. The highest BCUT2D eigenvalue weighted by Gasteiger charge is 2.48. The molecule has 6 aromatic carbocycles. The van der Waals surface area contributed by atoms with Gasteiger partial charge >= 0.3 is 23.5 Å². The van der Waals surface area contributed by atoms with Gasteiger partial charge in [0.2, 0.25) is 21.7 Å². The molecule has 6 aliphatic heterocycles. The number of carbonyl (C=O) groups excluding carboxylic acids is 4. The number of esters is 2. The molecule has 2 fully saturated rings. The summed E-state index contributed by atoms with van der Waals surface area (Å²) in [7, 11) is 2.89. The number of hydrogen-bond donors (Lipinski definition) is 10. The zero-order valence-corrected chi connectivity index (χ0v) is 81.2. The molecule has 2 amide bonds. The summed E-state index contributed by atoms with van der Waals surface area (Å²) in [5, 5.41) is 98.6. The van der Waals surface area contributed by atoms with Gasteiger partial charge in [0.25, 0.3) is 11.8 Å². The number of nitrogens with zero attached hydrogens (tertiary/aromatic N) is 6. The van der Waals surface area contributed by atoms with Crippen molar-refractivity contribution in [3.63, 3.8) is 0 Å². The minimum Gasteiger partial charge on any atom is -0.507 e. The van der Waals surface area contributed by atoms with Gasteiger partial charge in [0.15, 0.2) is 44.9 Å². The fourth-order valence-corrected chi connectivity index (χ4v) is 19.5.